The zero-order valence-electron chi connectivity index (χ0n) is 11.0. The molecule has 1 fully saturated rings. The van der Waals surface area contributed by atoms with Crippen LogP contribution in [0.2, 0.25) is 0 Å². The highest BCUT2D eigenvalue weighted by atomic mass is 16.5. The Balaban J connectivity index is 2.77. The van der Waals surface area contributed by atoms with Gasteiger partial charge < -0.3 is 15.4 Å². The lowest BCUT2D eigenvalue weighted by Crippen LogP contribution is -2.58. The Bertz CT molecular complexity index is 269. The van der Waals surface area contributed by atoms with Gasteiger partial charge in [-0.15, -0.1) is 0 Å². The SMILES string of the molecule is CC1CN(C(=O)C(C)(C)C(C)(C)N)CCO1. The van der Waals surface area contributed by atoms with Crippen LogP contribution in [0.25, 0.3) is 0 Å². The lowest BCUT2D eigenvalue weighted by Gasteiger charge is -2.42. The van der Waals surface area contributed by atoms with Crippen LogP contribution in [0.3, 0.4) is 0 Å². The van der Waals surface area contributed by atoms with Gasteiger partial charge >= 0.3 is 0 Å². The van der Waals surface area contributed by atoms with E-state index in [4.69, 9.17) is 10.5 Å². The summed E-state index contributed by atoms with van der Waals surface area (Å²) in [4.78, 5) is 14.3. The fraction of sp³-hybridized carbons (Fsp3) is 0.917. The minimum Gasteiger partial charge on any atom is -0.375 e. The lowest BCUT2D eigenvalue weighted by molar-refractivity contribution is -0.150. The minimum absolute atomic E-state index is 0.120. The van der Waals surface area contributed by atoms with Crippen molar-refractivity contribution < 1.29 is 9.53 Å². The van der Waals surface area contributed by atoms with Gasteiger partial charge in [0.1, 0.15) is 0 Å². The summed E-state index contributed by atoms with van der Waals surface area (Å²) in [7, 11) is 0. The zero-order chi connectivity index (χ0) is 12.6. The predicted molar refractivity (Wildman–Crippen MR) is 64.0 cm³/mol. The van der Waals surface area contributed by atoms with Crippen molar-refractivity contribution >= 4 is 5.91 Å². The molecule has 1 aliphatic heterocycles. The molecule has 1 heterocycles. The molecule has 1 atom stereocenters. The van der Waals surface area contributed by atoms with Crippen molar-refractivity contribution in [3.8, 4) is 0 Å². The smallest absolute Gasteiger partial charge is 0.230 e. The Morgan fingerprint density at radius 1 is 1.38 bits per heavy atom. The third kappa shape index (κ3) is 2.55. The van der Waals surface area contributed by atoms with Crippen LogP contribution in [0.4, 0.5) is 0 Å². The van der Waals surface area contributed by atoms with E-state index in [1.807, 2.05) is 39.5 Å². The van der Waals surface area contributed by atoms with E-state index in [-0.39, 0.29) is 12.0 Å². The molecule has 1 unspecified atom stereocenters. The van der Waals surface area contributed by atoms with Gasteiger partial charge in [0.2, 0.25) is 5.91 Å². The number of carbonyl (C=O) groups is 1. The quantitative estimate of drug-likeness (QED) is 0.767. The fourth-order valence-corrected chi connectivity index (χ4v) is 1.67. The molecule has 0 spiro atoms. The predicted octanol–water partition coefficient (Wildman–Crippen LogP) is 0.997. The third-order valence-corrected chi connectivity index (χ3v) is 3.67. The number of ether oxygens (including phenoxy) is 1. The van der Waals surface area contributed by atoms with E-state index in [9.17, 15) is 4.79 Å². The van der Waals surface area contributed by atoms with Crippen molar-refractivity contribution in [2.45, 2.75) is 46.3 Å². The molecule has 0 saturated carbocycles. The third-order valence-electron chi connectivity index (χ3n) is 3.67. The van der Waals surface area contributed by atoms with Crippen molar-refractivity contribution in [3.05, 3.63) is 0 Å². The standard InChI is InChI=1S/C12H24N2O2/c1-9-8-14(6-7-16-9)10(15)11(2,3)12(4,5)13/h9H,6-8,13H2,1-5H3. The maximum Gasteiger partial charge on any atom is 0.230 e. The fourth-order valence-electron chi connectivity index (χ4n) is 1.67. The van der Waals surface area contributed by atoms with Crippen molar-refractivity contribution in [2.24, 2.45) is 11.1 Å². The van der Waals surface area contributed by atoms with E-state index < -0.39 is 11.0 Å². The van der Waals surface area contributed by atoms with Crippen molar-refractivity contribution in [3.63, 3.8) is 0 Å². The van der Waals surface area contributed by atoms with Crippen LogP contribution < -0.4 is 5.73 Å². The topological polar surface area (TPSA) is 55.6 Å². The number of hydrogen-bond acceptors (Lipinski definition) is 3. The molecule has 0 aromatic rings. The van der Waals surface area contributed by atoms with Crippen LogP contribution in [0, 0.1) is 5.41 Å². The van der Waals surface area contributed by atoms with E-state index in [0.717, 1.165) is 0 Å². The molecule has 0 aliphatic carbocycles. The number of nitrogens with two attached hydrogens (primary N) is 1. The largest absolute Gasteiger partial charge is 0.375 e. The van der Waals surface area contributed by atoms with Crippen LogP contribution in [-0.2, 0) is 9.53 Å². The highest BCUT2D eigenvalue weighted by Crippen LogP contribution is 2.31. The number of morpholine rings is 1. The Hall–Kier alpha value is -0.610. The van der Waals surface area contributed by atoms with Gasteiger partial charge in [0.25, 0.3) is 0 Å². The molecular weight excluding hydrogens is 204 g/mol. The maximum absolute atomic E-state index is 12.4. The minimum atomic E-state index is -0.552. The average molecular weight is 228 g/mol. The summed E-state index contributed by atoms with van der Waals surface area (Å²) < 4.78 is 5.43. The molecule has 1 amide bonds. The monoisotopic (exact) mass is 228 g/mol. The first-order valence-corrected chi connectivity index (χ1v) is 5.86. The molecule has 1 saturated heterocycles. The average Bonchev–Trinajstić information content (AvgIpc) is 2.14. The molecule has 2 N–H and O–H groups in total. The van der Waals surface area contributed by atoms with Crippen molar-refractivity contribution in [1.82, 2.24) is 4.90 Å². The molecule has 0 radical (unpaired) electrons. The van der Waals surface area contributed by atoms with Gasteiger partial charge in [-0.3, -0.25) is 4.79 Å². The molecule has 4 nitrogen and oxygen atoms in total. The van der Waals surface area contributed by atoms with E-state index in [0.29, 0.717) is 19.7 Å². The molecule has 94 valence electrons. The van der Waals surface area contributed by atoms with Gasteiger partial charge in [-0.25, -0.2) is 0 Å². The molecule has 1 rings (SSSR count). The first-order chi connectivity index (χ1) is 7.16. The van der Waals surface area contributed by atoms with Gasteiger partial charge in [-0.05, 0) is 34.6 Å². The van der Waals surface area contributed by atoms with Crippen molar-refractivity contribution in [1.29, 1.82) is 0 Å². The molecule has 4 heteroatoms. The Morgan fingerprint density at radius 3 is 2.38 bits per heavy atom. The lowest BCUT2D eigenvalue weighted by atomic mass is 9.74. The van der Waals surface area contributed by atoms with Gasteiger partial charge in [0.05, 0.1) is 18.1 Å². The van der Waals surface area contributed by atoms with Crippen LogP contribution in [-0.4, -0.2) is 42.1 Å². The normalized spacial score (nSPS) is 23.4. The summed E-state index contributed by atoms with van der Waals surface area (Å²) in [6.45, 7) is 11.6. The van der Waals surface area contributed by atoms with Gasteiger partial charge in [0, 0.05) is 18.6 Å². The highest BCUT2D eigenvalue weighted by Gasteiger charge is 2.43. The van der Waals surface area contributed by atoms with Gasteiger partial charge in [0.15, 0.2) is 0 Å². The number of rotatable bonds is 2. The second-order valence-electron chi connectivity index (χ2n) is 5.78. The molecule has 0 aromatic heterocycles. The van der Waals surface area contributed by atoms with Crippen LogP contribution in [0.1, 0.15) is 34.6 Å². The zero-order valence-corrected chi connectivity index (χ0v) is 11.0. The highest BCUT2D eigenvalue weighted by molar-refractivity contribution is 5.83. The Kier molecular flexibility index (Phi) is 3.65. The number of hydrogen-bond donors (Lipinski definition) is 1. The molecule has 16 heavy (non-hydrogen) atoms. The van der Waals surface area contributed by atoms with E-state index >= 15 is 0 Å². The maximum atomic E-state index is 12.4. The molecule has 0 aromatic carbocycles. The Labute approximate surface area is 98.1 Å². The second kappa shape index (κ2) is 4.34. The van der Waals surface area contributed by atoms with E-state index in [1.165, 1.54) is 0 Å². The summed E-state index contributed by atoms with van der Waals surface area (Å²) in [6, 6.07) is 0. The Morgan fingerprint density at radius 2 is 1.94 bits per heavy atom. The van der Waals surface area contributed by atoms with E-state index in [2.05, 4.69) is 0 Å². The van der Waals surface area contributed by atoms with Crippen molar-refractivity contribution in [2.75, 3.05) is 19.7 Å². The van der Waals surface area contributed by atoms with Gasteiger partial charge in [-0.1, -0.05) is 0 Å². The summed E-state index contributed by atoms with van der Waals surface area (Å²) in [5, 5.41) is 0. The first kappa shape index (κ1) is 13.5. The first-order valence-electron chi connectivity index (χ1n) is 5.86. The number of nitrogens with zero attached hydrogens (tertiary/aromatic N) is 1. The van der Waals surface area contributed by atoms with Crippen LogP contribution >= 0.6 is 0 Å². The summed E-state index contributed by atoms with van der Waals surface area (Å²) >= 11 is 0. The van der Waals surface area contributed by atoms with Crippen LogP contribution in [0.5, 0.6) is 0 Å². The van der Waals surface area contributed by atoms with Gasteiger partial charge in [-0.2, -0.15) is 0 Å². The second-order valence-corrected chi connectivity index (χ2v) is 5.78. The molecule has 1 aliphatic rings. The van der Waals surface area contributed by atoms with Crippen LogP contribution in [0.15, 0.2) is 0 Å². The summed E-state index contributed by atoms with van der Waals surface area (Å²) in [6.07, 6.45) is 0.120. The summed E-state index contributed by atoms with van der Waals surface area (Å²) in [5.74, 6) is 0.121. The molecular formula is C12H24N2O2. The summed E-state index contributed by atoms with van der Waals surface area (Å²) in [5.41, 5.74) is 5.00. The number of carbonyl (C=O) groups excluding carboxylic acids is 1. The number of amides is 1. The molecule has 0 bridgehead atoms. The van der Waals surface area contributed by atoms with E-state index in [1.54, 1.807) is 0 Å².